The van der Waals surface area contributed by atoms with E-state index < -0.39 is 12.2 Å². The molecule has 6 atom stereocenters. The van der Waals surface area contributed by atoms with E-state index in [-0.39, 0.29) is 17.4 Å². The smallest absolute Gasteiger partial charge is 0.0868 e. The molecule has 4 rings (SSSR count). The number of aliphatic hydroxyl groups excluding tert-OH is 2. The Bertz CT molecular complexity index is 421. The number of aliphatic hydroxyl groups is 2. The van der Waals surface area contributed by atoms with Crippen molar-refractivity contribution in [1.29, 1.82) is 0 Å². The van der Waals surface area contributed by atoms with Crippen LogP contribution < -0.4 is 0 Å². The van der Waals surface area contributed by atoms with Crippen molar-refractivity contribution in [3.63, 3.8) is 0 Å². The predicted molar refractivity (Wildman–Crippen MR) is 73.6 cm³/mol. The molecule has 0 aromatic rings. The van der Waals surface area contributed by atoms with Crippen LogP contribution in [-0.2, 0) is 0 Å². The van der Waals surface area contributed by atoms with Gasteiger partial charge in [-0.1, -0.05) is 13.0 Å². The van der Waals surface area contributed by atoms with Gasteiger partial charge in [0.05, 0.1) is 12.2 Å². The first-order valence-electron chi connectivity index (χ1n) is 7.96. The van der Waals surface area contributed by atoms with Gasteiger partial charge in [0.25, 0.3) is 0 Å². The Morgan fingerprint density at radius 3 is 2.95 bits per heavy atom. The maximum atomic E-state index is 10.6. The largest absolute Gasteiger partial charge is 0.390 e. The first-order valence-corrected chi connectivity index (χ1v) is 7.96. The molecule has 2 aliphatic carbocycles. The SMILES string of the molecule is C[C@@H]1C[C@@H]2C3=CCCN4CCC[C@H]([C@H](O)[C@H]2O)[C@@]34C1. The molecule has 0 amide bonds. The van der Waals surface area contributed by atoms with Crippen LogP contribution in [0.25, 0.3) is 0 Å². The topological polar surface area (TPSA) is 43.7 Å². The van der Waals surface area contributed by atoms with Gasteiger partial charge in [0, 0.05) is 23.9 Å². The van der Waals surface area contributed by atoms with Gasteiger partial charge in [0.15, 0.2) is 0 Å². The number of hydrogen-bond donors (Lipinski definition) is 2. The summed E-state index contributed by atoms with van der Waals surface area (Å²) in [5.41, 5.74) is 1.58. The predicted octanol–water partition coefficient (Wildman–Crippen LogP) is 1.55. The highest BCUT2D eigenvalue weighted by Gasteiger charge is 2.62. The molecule has 106 valence electrons. The number of hydrogen-bond acceptors (Lipinski definition) is 3. The van der Waals surface area contributed by atoms with Gasteiger partial charge in [-0.3, -0.25) is 4.90 Å². The van der Waals surface area contributed by atoms with Crippen molar-refractivity contribution >= 4 is 0 Å². The minimum absolute atomic E-state index is 0.0947. The van der Waals surface area contributed by atoms with Gasteiger partial charge in [-0.05, 0) is 50.1 Å². The van der Waals surface area contributed by atoms with Crippen LogP contribution in [0.4, 0.5) is 0 Å². The Labute approximate surface area is 115 Å². The monoisotopic (exact) mass is 263 g/mol. The summed E-state index contributed by atoms with van der Waals surface area (Å²) in [7, 11) is 0. The zero-order valence-electron chi connectivity index (χ0n) is 11.8. The molecule has 0 aromatic heterocycles. The lowest BCUT2D eigenvalue weighted by Crippen LogP contribution is -2.71. The van der Waals surface area contributed by atoms with Gasteiger partial charge >= 0.3 is 0 Å². The Morgan fingerprint density at radius 2 is 2.11 bits per heavy atom. The molecule has 2 aliphatic heterocycles. The van der Waals surface area contributed by atoms with Crippen LogP contribution in [-0.4, -0.2) is 45.9 Å². The van der Waals surface area contributed by atoms with Gasteiger partial charge in [0.1, 0.15) is 0 Å². The average molecular weight is 263 g/mol. The number of piperidine rings is 1. The maximum Gasteiger partial charge on any atom is 0.0868 e. The molecule has 1 spiro atoms. The van der Waals surface area contributed by atoms with E-state index in [1.807, 2.05) is 0 Å². The highest BCUT2D eigenvalue weighted by molar-refractivity contribution is 5.36. The first kappa shape index (κ1) is 12.4. The van der Waals surface area contributed by atoms with Gasteiger partial charge in [-0.25, -0.2) is 0 Å². The zero-order chi connectivity index (χ0) is 13.2. The third-order valence-corrected chi connectivity index (χ3v) is 6.27. The molecule has 2 saturated carbocycles. The molecular formula is C16H25NO2. The van der Waals surface area contributed by atoms with Gasteiger partial charge in [0.2, 0.25) is 0 Å². The molecular weight excluding hydrogens is 238 g/mol. The quantitative estimate of drug-likeness (QED) is 0.652. The van der Waals surface area contributed by atoms with Crippen LogP contribution in [0.15, 0.2) is 11.6 Å². The second-order valence-corrected chi connectivity index (χ2v) is 7.24. The Balaban J connectivity index is 1.88. The lowest BCUT2D eigenvalue weighted by atomic mass is 9.51. The number of rotatable bonds is 0. The van der Waals surface area contributed by atoms with E-state index in [0.29, 0.717) is 5.92 Å². The summed E-state index contributed by atoms with van der Waals surface area (Å²) in [6.07, 6.45) is 6.95. The summed E-state index contributed by atoms with van der Waals surface area (Å²) >= 11 is 0. The molecule has 3 nitrogen and oxygen atoms in total. The highest BCUT2D eigenvalue weighted by atomic mass is 16.3. The molecule has 3 heteroatoms. The van der Waals surface area contributed by atoms with Crippen molar-refractivity contribution in [3.8, 4) is 0 Å². The summed E-state index contributed by atoms with van der Waals surface area (Å²) in [6.45, 7) is 4.64. The van der Waals surface area contributed by atoms with Crippen molar-refractivity contribution in [2.24, 2.45) is 17.8 Å². The first-order chi connectivity index (χ1) is 9.14. The van der Waals surface area contributed by atoms with Crippen LogP contribution >= 0.6 is 0 Å². The molecule has 1 saturated heterocycles. The molecule has 2 bridgehead atoms. The third kappa shape index (κ3) is 1.44. The Hall–Kier alpha value is -0.380. The van der Waals surface area contributed by atoms with Crippen LogP contribution in [0, 0.1) is 17.8 Å². The fourth-order valence-electron chi connectivity index (χ4n) is 5.73. The van der Waals surface area contributed by atoms with E-state index in [0.717, 1.165) is 25.8 Å². The minimum atomic E-state index is -0.537. The molecule has 19 heavy (non-hydrogen) atoms. The van der Waals surface area contributed by atoms with Crippen molar-refractivity contribution in [2.75, 3.05) is 13.1 Å². The van der Waals surface area contributed by atoms with Crippen molar-refractivity contribution < 1.29 is 10.2 Å². The van der Waals surface area contributed by atoms with Crippen LogP contribution in [0.3, 0.4) is 0 Å². The Morgan fingerprint density at radius 1 is 1.26 bits per heavy atom. The van der Waals surface area contributed by atoms with Gasteiger partial charge in [-0.2, -0.15) is 0 Å². The fourth-order valence-corrected chi connectivity index (χ4v) is 5.73. The van der Waals surface area contributed by atoms with Crippen LogP contribution in [0.2, 0.25) is 0 Å². The molecule has 2 heterocycles. The van der Waals surface area contributed by atoms with E-state index in [4.69, 9.17) is 0 Å². The van der Waals surface area contributed by atoms with Gasteiger partial charge < -0.3 is 10.2 Å². The second kappa shape index (κ2) is 4.06. The second-order valence-electron chi connectivity index (χ2n) is 7.24. The summed E-state index contributed by atoms with van der Waals surface area (Å²) in [5, 5.41) is 21.2. The summed E-state index contributed by atoms with van der Waals surface area (Å²) in [4.78, 5) is 2.65. The fraction of sp³-hybridized carbons (Fsp3) is 0.875. The van der Waals surface area contributed by atoms with E-state index in [1.54, 1.807) is 0 Å². The third-order valence-electron chi connectivity index (χ3n) is 6.27. The van der Waals surface area contributed by atoms with E-state index in [2.05, 4.69) is 17.9 Å². The van der Waals surface area contributed by atoms with Crippen molar-refractivity contribution in [1.82, 2.24) is 4.90 Å². The summed E-state index contributed by atoms with van der Waals surface area (Å²) in [6, 6.07) is 0. The van der Waals surface area contributed by atoms with E-state index in [1.165, 1.54) is 25.0 Å². The number of nitrogens with zero attached hydrogens (tertiary/aromatic N) is 1. The van der Waals surface area contributed by atoms with Crippen molar-refractivity contribution in [3.05, 3.63) is 11.6 Å². The molecule has 4 aliphatic rings. The van der Waals surface area contributed by atoms with Crippen LogP contribution in [0.5, 0.6) is 0 Å². The average Bonchev–Trinajstić information content (AvgIpc) is 2.40. The molecule has 3 fully saturated rings. The summed E-state index contributed by atoms with van der Waals surface area (Å²) in [5.74, 6) is 1.11. The lowest BCUT2D eigenvalue weighted by Gasteiger charge is -2.65. The van der Waals surface area contributed by atoms with Crippen LogP contribution in [0.1, 0.15) is 39.0 Å². The molecule has 0 unspecified atom stereocenters. The zero-order valence-corrected chi connectivity index (χ0v) is 11.8. The van der Waals surface area contributed by atoms with E-state index >= 15 is 0 Å². The lowest BCUT2D eigenvalue weighted by molar-refractivity contribution is -0.159. The molecule has 2 N–H and O–H groups in total. The van der Waals surface area contributed by atoms with E-state index in [9.17, 15) is 10.2 Å². The highest BCUT2D eigenvalue weighted by Crippen LogP contribution is 2.58. The minimum Gasteiger partial charge on any atom is -0.390 e. The normalized spacial score (nSPS) is 53.4. The molecule has 0 radical (unpaired) electrons. The summed E-state index contributed by atoms with van der Waals surface area (Å²) < 4.78 is 0. The standard InChI is InChI=1S/C16H25NO2/c1-10-8-11-12-4-2-6-17-7-3-5-13(15(19)14(11)18)16(12,17)9-10/h4,10-11,13-15,18-19H,2-3,5-9H2,1H3/t10-,11-,13-,14+,15+,16-/m1/s1. The van der Waals surface area contributed by atoms with Crippen molar-refractivity contribution in [2.45, 2.75) is 56.8 Å². The maximum absolute atomic E-state index is 10.6. The Kier molecular flexibility index (Phi) is 2.64. The van der Waals surface area contributed by atoms with Gasteiger partial charge in [-0.15, -0.1) is 0 Å². The molecule has 0 aromatic carbocycles.